The fourth-order valence-electron chi connectivity index (χ4n) is 1.93. The summed E-state index contributed by atoms with van der Waals surface area (Å²) in [5, 5.41) is 3.11. The van der Waals surface area contributed by atoms with Gasteiger partial charge in [-0.1, -0.05) is 0 Å². The molecular weight excluding hydrogens is 298 g/mol. The van der Waals surface area contributed by atoms with E-state index in [0.717, 1.165) is 27.7 Å². The van der Waals surface area contributed by atoms with E-state index in [1.807, 2.05) is 31.2 Å². The SMILES string of the molecule is COc1cncc(COc2ccc(-c3csc(C)n3)cc2)n1. The van der Waals surface area contributed by atoms with E-state index >= 15 is 0 Å². The van der Waals surface area contributed by atoms with Crippen molar-refractivity contribution in [2.45, 2.75) is 13.5 Å². The molecule has 0 N–H and O–H groups in total. The van der Waals surface area contributed by atoms with E-state index in [1.54, 1.807) is 30.8 Å². The van der Waals surface area contributed by atoms with Crippen LogP contribution in [0.5, 0.6) is 11.6 Å². The van der Waals surface area contributed by atoms with Crippen molar-refractivity contribution in [2.75, 3.05) is 7.11 Å². The van der Waals surface area contributed by atoms with Gasteiger partial charge in [-0.2, -0.15) is 0 Å². The number of rotatable bonds is 5. The number of hydrogen-bond donors (Lipinski definition) is 0. The maximum absolute atomic E-state index is 5.71. The fourth-order valence-corrected chi connectivity index (χ4v) is 2.55. The maximum Gasteiger partial charge on any atom is 0.232 e. The van der Waals surface area contributed by atoms with Crippen molar-refractivity contribution in [2.24, 2.45) is 0 Å². The quantitative estimate of drug-likeness (QED) is 0.721. The molecule has 0 aliphatic carbocycles. The Labute approximate surface area is 132 Å². The smallest absolute Gasteiger partial charge is 0.232 e. The first kappa shape index (κ1) is 14.5. The van der Waals surface area contributed by atoms with E-state index in [1.165, 1.54) is 0 Å². The predicted molar refractivity (Wildman–Crippen MR) is 85.2 cm³/mol. The summed E-state index contributed by atoms with van der Waals surface area (Å²) in [7, 11) is 1.56. The Kier molecular flexibility index (Phi) is 4.29. The van der Waals surface area contributed by atoms with Crippen LogP contribution in [0.15, 0.2) is 42.0 Å². The average Bonchev–Trinajstić information content (AvgIpc) is 3.00. The summed E-state index contributed by atoms with van der Waals surface area (Å²) in [6.07, 6.45) is 3.23. The zero-order chi connectivity index (χ0) is 15.4. The third-order valence-corrected chi connectivity index (χ3v) is 3.80. The number of aromatic nitrogens is 3. The molecule has 0 spiro atoms. The van der Waals surface area contributed by atoms with Crippen LogP contribution in [0.4, 0.5) is 0 Å². The molecule has 2 heterocycles. The van der Waals surface area contributed by atoms with Crippen molar-refractivity contribution >= 4 is 11.3 Å². The van der Waals surface area contributed by atoms with Gasteiger partial charge >= 0.3 is 0 Å². The van der Waals surface area contributed by atoms with Gasteiger partial charge < -0.3 is 9.47 Å². The third-order valence-electron chi connectivity index (χ3n) is 3.03. The topological polar surface area (TPSA) is 57.1 Å². The second-order valence-electron chi connectivity index (χ2n) is 4.62. The molecule has 2 aromatic heterocycles. The van der Waals surface area contributed by atoms with Gasteiger partial charge in [0.1, 0.15) is 18.1 Å². The summed E-state index contributed by atoms with van der Waals surface area (Å²) >= 11 is 1.65. The van der Waals surface area contributed by atoms with Crippen molar-refractivity contribution < 1.29 is 9.47 Å². The highest BCUT2D eigenvalue weighted by Gasteiger charge is 2.04. The van der Waals surface area contributed by atoms with Crippen LogP contribution in [0.25, 0.3) is 11.3 Å². The molecule has 5 nitrogen and oxygen atoms in total. The molecule has 3 rings (SSSR count). The molecule has 22 heavy (non-hydrogen) atoms. The van der Waals surface area contributed by atoms with Crippen molar-refractivity contribution in [1.29, 1.82) is 0 Å². The highest BCUT2D eigenvalue weighted by atomic mass is 32.1. The van der Waals surface area contributed by atoms with Gasteiger partial charge in [0.25, 0.3) is 0 Å². The molecule has 0 bridgehead atoms. The average molecular weight is 313 g/mol. The lowest BCUT2D eigenvalue weighted by atomic mass is 10.2. The lowest BCUT2D eigenvalue weighted by molar-refractivity contribution is 0.297. The third kappa shape index (κ3) is 3.40. The van der Waals surface area contributed by atoms with Gasteiger partial charge in [0.15, 0.2) is 0 Å². The van der Waals surface area contributed by atoms with Gasteiger partial charge in [0.05, 0.1) is 30.2 Å². The molecule has 0 fully saturated rings. The van der Waals surface area contributed by atoms with Crippen molar-refractivity contribution in [3.63, 3.8) is 0 Å². The monoisotopic (exact) mass is 313 g/mol. The first-order valence-electron chi connectivity index (χ1n) is 6.75. The summed E-state index contributed by atoms with van der Waals surface area (Å²) in [4.78, 5) is 12.8. The molecule has 6 heteroatoms. The Morgan fingerprint density at radius 3 is 2.59 bits per heavy atom. The number of methoxy groups -OCH3 is 1. The minimum atomic E-state index is 0.347. The van der Waals surface area contributed by atoms with Crippen molar-refractivity contribution in [1.82, 2.24) is 15.0 Å². The molecule has 0 aliphatic rings. The van der Waals surface area contributed by atoms with Gasteiger partial charge in [-0.15, -0.1) is 11.3 Å². The second-order valence-corrected chi connectivity index (χ2v) is 5.68. The standard InChI is InChI=1S/C16H15N3O2S/c1-11-18-15(10-22-11)12-3-5-14(6-4-12)21-9-13-7-17-8-16(19-13)20-2/h3-8,10H,9H2,1-2H3. The van der Waals surface area contributed by atoms with Gasteiger partial charge in [-0.25, -0.2) is 9.97 Å². The van der Waals surface area contributed by atoms with E-state index < -0.39 is 0 Å². The van der Waals surface area contributed by atoms with Gasteiger partial charge in [-0.05, 0) is 31.2 Å². The van der Waals surface area contributed by atoms with E-state index in [-0.39, 0.29) is 0 Å². The van der Waals surface area contributed by atoms with E-state index in [0.29, 0.717) is 12.5 Å². The molecule has 0 atom stereocenters. The van der Waals surface area contributed by atoms with Crippen LogP contribution in [-0.2, 0) is 6.61 Å². The highest BCUT2D eigenvalue weighted by molar-refractivity contribution is 7.09. The summed E-state index contributed by atoms with van der Waals surface area (Å²) in [6, 6.07) is 7.86. The van der Waals surface area contributed by atoms with E-state index in [2.05, 4.69) is 20.3 Å². The summed E-state index contributed by atoms with van der Waals surface area (Å²) in [5.41, 5.74) is 2.80. The van der Waals surface area contributed by atoms with Crippen LogP contribution in [0.3, 0.4) is 0 Å². The van der Waals surface area contributed by atoms with Crippen LogP contribution in [0, 0.1) is 6.92 Å². The second kappa shape index (κ2) is 6.53. The highest BCUT2D eigenvalue weighted by Crippen LogP contribution is 2.24. The largest absolute Gasteiger partial charge is 0.487 e. The molecule has 0 saturated carbocycles. The number of benzene rings is 1. The zero-order valence-electron chi connectivity index (χ0n) is 12.3. The lowest BCUT2D eigenvalue weighted by Gasteiger charge is -2.07. The Morgan fingerprint density at radius 1 is 1.09 bits per heavy atom. The lowest BCUT2D eigenvalue weighted by Crippen LogP contribution is -2.00. The normalized spacial score (nSPS) is 10.5. The molecular formula is C16H15N3O2S. The molecule has 0 saturated heterocycles. The minimum absolute atomic E-state index is 0.347. The van der Waals surface area contributed by atoms with E-state index in [9.17, 15) is 0 Å². The number of nitrogens with zero attached hydrogens (tertiary/aromatic N) is 3. The summed E-state index contributed by atoms with van der Waals surface area (Å²) in [6.45, 7) is 2.35. The first-order valence-corrected chi connectivity index (χ1v) is 7.63. The van der Waals surface area contributed by atoms with Gasteiger partial charge in [-0.3, -0.25) is 4.98 Å². The predicted octanol–water partition coefficient (Wildman–Crippen LogP) is 3.50. The van der Waals surface area contributed by atoms with Crippen LogP contribution in [0.2, 0.25) is 0 Å². The first-order chi connectivity index (χ1) is 10.7. The minimum Gasteiger partial charge on any atom is -0.487 e. The van der Waals surface area contributed by atoms with Crippen molar-refractivity contribution in [3.05, 3.63) is 52.7 Å². The van der Waals surface area contributed by atoms with Crippen LogP contribution in [0.1, 0.15) is 10.7 Å². The molecule has 0 amide bonds. The van der Waals surface area contributed by atoms with Gasteiger partial charge in [0.2, 0.25) is 5.88 Å². The van der Waals surface area contributed by atoms with Crippen LogP contribution < -0.4 is 9.47 Å². The molecule has 0 radical (unpaired) electrons. The summed E-state index contributed by atoms with van der Waals surface area (Å²) in [5.74, 6) is 1.26. The molecule has 112 valence electrons. The van der Waals surface area contributed by atoms with Crippen molar-refractivity contribution in [3.8, 4) is 22.9 Å². The molecule has 3 aromatic rings. The summed E-state index contributed by atoms with van der Waals surface area (Å²) < 4.78 is 10.8. The fraction of sp³-hybridized carbons (Fsp3) is 0.188. The number of aryl methyl sites for hydroxylation is 1. The zero-order valence-corrected chi connectivity index (χ0v) is 13.1. The molecule has 0 unspecified atom stereocenters. The maximum atomic E-state index is 5.71. The number of hydrogen-bond acceptors (Lipinski definition) is 6. The van der Waals surface area contributed by atoms with Gasteiger partial charge in [0, 0.05) is 10.9 Å². The van der Waals surface area contributed by atoms with Crippen LogP contribution in [-0.4, -0.2) is 22.1 Å². The number of thiazole rings is 1. The molecule has 0 aliphatic heterocycles. The Balaban J connectivity index is 1.66. The Morgan fingerprint density at radius 2 is 1.91 bits per heavy atom. The van der Waals surface area contributed by atoms with E-state index in [4.69, 9.17) is 9.47 Å². The Bertz CT molecular complexity index is 756. The molecule has 1 aromatic carbocycles. The van der Waals surface area contributed by atoms with Crippen LogP contribution >= 0.6 is 11.3 Å². The number of ether oxygens (including phenoxy) is 2. The Hall–Kier alpha value is -2.47.